The monoisotopic (exact) mass is 421 g/mol. The fourth-order valence-electron chi connectivity index (χ4n) is 2.53. The van der Waals surface area contributed by atoms with Gasteiger partial charge in [0.2, 0.25) is 5.91 Å². The lowest BCUT2D eigenvalue weighted by Gasteiger charge is -2.10. The second-order valence-electron chi connectivity index (χ2n) is 6.04. The van der Waals surface area contributed by atoms with Gasteiger partial charge >= 0.3 is 6.18 Å². The van der Waals surface area contributed by atoms with Gasteiger partial charge in [0.05, 0.1) is 18.4 Å². The molecule has 29 heavy (non-hydrogen) atoms. The highest BCUT2D eigenvalue weighted by atomic mass is 32.2. The number of nitrogens with one attached hydrogen (secondary N) is 1. The molecule has 152 valence electrons. The van der Waals surface area contributed by atoms with E-state index in [-0.39, 0.29) is 18.2 Å². The van der Waals surface area contributed by atoms with Crippen molar-refractivity contribution in [2.24, 2.45) is 0 Å². The lowest BCUT2D eigenvalue weighted by Crippen LogP contribution is -2.24. The van der Waals surface area contributed by atoms with Crippen molar-refractivity contribution in [1.82, 2.24) is 14.9 Å². The molecule has 0 atom stereocenters. The number of nitrogens with zero attached hydrogens (tertiary/aromatic N) is 2. The van der Waals surface area contributed by atoms with E-state index in [0.29, 0.717) is 10.7 Å². The summed E-state index contributed by atoms with van der Waals surface area (Å²) in [5.41, 5.74) is 0.764. The summed E-state index contributed by atoms with van der Waals surface area (Å²) in [6, 6.07) is 12.1. The van der Waals surface area contributed by atoms with Crippen LogP contribution in [-0.4, -0.2) is 28.3 Å². The molecule has 0 saturated carbocycles. The van der Waals surface area contributed by atoms with Gasteiger partial charge in [0.15, 0.2) is 5.16 Å². The van der Waals surface area contributed by atoms with Crippen LogP contribution in [0.2, 0.25) is 0 Å². The molecule has 1 amide bonds. The van der Waals surface area contributed by atoms with Crippen LogP contribution in [0, 0.1) is 0 Å². The summed E-state index contributed by atoms with van der Waals surface area (Å²) >= 11 is 1.27. The Kier molecular flexibility index (Phi) is 6.48. The van der Waals surface area contributed by atoms with Crippen LogP contribution in [-0.2, 0) is 17.5 Å². The lowest BCUT2D eigenvalue weighted by atomic mass is 10.1. The molecule has 1 N–H and O–H groups in total. The maximum Gasteiger partial charge on any atom is 0.416 e. The van der Waals surface area contributed by atoms with Crippen molar-refractivity contribution in [3.05, 3.63) is 72.1 Å². The molecule has 0 aliphatic heterocycles. The van der Waals surface area contributed by atoms with E-state index in [1.807, 2.05) is 28.8 Å². The first-order valence-corrected chi connectivity index (χ1v) is 9.59. The maximum atomic E-state index is 12.6. The molecule has 9 heteroatoms. The number of carbonyl (C=O) groups is 1. The minimum atomic E-state index is -4.37. The number of thioether (sulfide) groups is 1. The molecule has 0 saturated heterocycles. The molecule has 0 fully saturated rings. The number of amides is 1. The smallest absolute Gasteiger partial charge is 0.416 e. The van der Waals surface area contributed by atoms with Gasteiger partial charge in [-0.1, -0.05) is 23.9 Å². The van der Waals surface area contributed by atoms with Crippen LogP contribution in [0.15, 0.2) is 66.1 Å². The molecule has 5 nitrogen and oxygen atoms in total. The third-order valence-corrected chi connectivity index (χ3v) is 5.03. The van der Waals surface area contributed by atoms with Crippen LogP contribution >= 0.6 is 11.8 Å². The van der Waals surface area contributed by atoms with Crippen LogP contribution in [0.5, 0.6) is 5.75 Å². The van der Waals surface area contributed by atoms with Crippen molar-refractivity contribution >= 4 is 17.7 Å². The zero-order valence-corrected chi connectivity index (χ0v) is 16.3. The summed E-state index contributed by atoms with van der Waals surface area (Å²) in [5, 5.41) is 3.35. The van der Waals surface area contributed by atoms with Gasteiger partial charge in [-0.3, -0.25) is 9.36 Å². The Bertz CT molecular complexity index is 954. The Hall–Kier alpha value is -2.94. The number of methoxy groups -OCH3 is 1. The summed E-state index contributed by atoms with van der Waals surface area (Å²) in [5.74, 6) is 0.637. The van der Waals surface area contributed by atoms with Gasteiger partial charge in [-0.15, -0.1) is 0 Å². The standard InChI is InChI=1S/C20H18F3N3O2S/c1-28-17-8-6-16(7-9-17)26-11-10-24-19(26)29-13-18(27)25-12-14-2-4-15(5-3-14)20(21,22)23/h2-11H,12-13H2,1H3,(H,25,27). The molecule has 3 rings (SSSR count). The predicted octanol–water partition coefficient (Wildman–Crippen LogP) is 4.31. The van der Waals surface area contributed by atoms with Gasteiger partial charge in [-0.2, -0.15) is 13.2 Å². The van der Waals surface area contributed by atoms with E-state index in [1.165, 1.54) is 23.9 Å². The molecule has 0 spiro atoms. The van der Waals surface area contributed by atoms with E-state index in [9.17, 15) is 18.0 Å². The molecule has 0 bridgehead atoms. The molecular weight excluding hydrogens is 403 g/mol. The number of benzene rings is 2. The fourth-order valence-corrected chi connectivity index (χ4v) is 3.33. The summed E-state index contributed by atoms with van der Waals surface area (Å²) in [6.07, 6.45) is -0.929. The Morgan fingerprint density at radius 3 is 2.45 bits per heavy atom. The number of halogens is 3. The van der Waals surface area contributed by atoms with Gasteiger partial charge in [-0.25, -0.2) is 4.98 Å². The molecule has 0 aliphatic carbocycles. The quantitative estimate of drug-likeness (QED) is 0.578. The number of aromatic nitrogens is 2. The minimum Gasteiger partial charge on any atom is -0.497 e. The normalized spacial score (nSPS) is 11.3. The van der Waals surface area contributed by atoms with Gasteiger partial charge in [0.1, 0.15) is 5.75 Å². The Morgan fingerprint density at radius 1 is 1.14 bits per heavy atom. The van der Waals surface area contributed by atoms with E-state index in [1.54, 1.807) is 19.5 Å². The highest BCUT2D eigenvalue weighted by Crippen LogP contribution is 2.29. The molecule has 0 radical (unpaired) electrons. The van der Waals surface area contributed by atoms with Crippen molar-refractivity contribution in [2.75, 3.05) is 12.9 Å². The minimum absolute atomic E-state index is 0.133. The molecule has 2 aromatic carbocycles. The molecule has 1 heterocycles. The van der Waals surface area contributed by atoms with E-state index in [4.69, 9.17) is 4.74 Å². The Morgan fingerprint density at radius 2 is 1.83 bits per heavy atom. The highest BCUT2D eigenvalue weighted by Gasteiger charge is 2.29. The third-order valence-electron chi connectivity index (χ3n) is 4.06. The number of hydrogen-bond acceptors (Lipinski definition) is 4. The Labute approximate surface area is 169 Å². The average Bonchev–Trinajstić information content (AvgIpc) is 3.19. The van der Waals surface area contributed by atoms with E-state index in [2.05, 4.69) is 10.3 Å². The van der Waals surface area contributed by atoms with E-state index < -0.39 is 11.7 Å². The number of carbonyl (C=O) groups excluding carboxylic acids is 1. The topological polar surface area (TPSA) is 56.2 Å². The molecule has 0 aliphatic rings. The van der Waals surface area contributed by atoms with E-state index in [0.717, 1.165) is 23.6 Å². The highest BCUT2D eigenvalue weighted by molar-refractivity contribution is 7.99. The van der Waals surface area contributed by atoms with Gasteiger partial charge < -0.3 is 10.1 Å². The number of ether oxygens (including phenoxy) is 1. The zero-order chi connectivity index (χ0) is 20.9. The molecule has 0 unspecified atom stereocenters. The number of alkyl halides is 3. The second kappa shape index (κ2) is 9.04. The largest absolute Gasteiger partial charge is 0.497 e. The van der Waals surface area contributed by atoms with Crippen LogP contribution in [0.3, 0.4) is 0 Å². The van der Waals surface area contributed by atoms with Gasteiger partial charge in [0, 0.05) is 24.6 Å². The summed E-state index contributed by atoms with van der Waals surface area (Å²) in [4.78, 5) is 16.4. The van der Waals surface area contributed by atoms with Crippen molar-refractivity contribution in [1.29, 1.82) is 0 Å². The van der Waals surface area contributed by atoms with Crippen molar-refractivity contribution in [3.63, 3.8) is 0 Å². The van der Waals surface area contributed by atoms with Crippen LogP contribution < -0.4 is 10.1 Å². The average molecular weight is 421 g/mol. The fraction of sp³-hybridized carbons (Fsp3) is 0.200. The molecule has 3 aromatic rings. The Balaban J connectivity index is 1.53. The SMILES string of the molecule is COc1ccc(-n2ccnc2SCC(=O)NCc2ccc(C(F)(F)F)cc2)cc1. The number of rotatable bonds is 7. The third kappa shape index (κ3) is 5.54. The lowest BCUT2D eigenvalue weighted by molar-refractivity contribution is -0.137. The van der Waals surface area contributed by atoms with Gasteiger partial charge in [0.25, 0.3) is 0 Å². The zero-order valence-electron chi connectivity index (χ0n) is 15.4. The molecular formula is C20H18F3N3O2S. The summed E-state index contributed by atoms with van der Waals surface area (Å²) in [6.45, 7) is 0.157. The van der Waals surface area contributed by atoms with Crippen molar-refractivity contribution < 1.29 is 22.7 Å². The van der Waals surface area contributed by atoms with Crippen LogP contribution in [0.1, 0.15) is 11.1 Å². The first-order valence-electron chi connectivity index (χ1n) is 8.60. The predicted molar refractivity (Wildman–Crippen MR) is 104 cm³/mol. The summed E-state index contributed by atoms with van der Waals surface area (Å²) < 4.78 is 44.7. The van der Waals surface area contributed by atoms with Crippen molar-refractivity contribution in [3.8, 4) is 11.4 Å². The van der Waals surface area contributed by atoms with E-state index >= 15 is 0 Å². The van der Waals surface area contributed by atoms with Crippen molar-refractivity contribution in [2.45, 2.75) is 17.9 Å². The maximum absolute atomic E-state index is 12.6. The number of hydrogen-bond donors (Lipinski definition) is 1. The first-order chi connectivity index (χ1) is 13.9. The summed E-state index contributed by atoms with van der Waals surface area (Å²) in [7, 11) is 1.59. The second-order valence-corrected chi connectivity index (χ2v) is 6.98. The van der Waals surface area contributed by atoms with Crippen LogP contribution in [0.25, 0.3) is 5.69 Å². The molecule has 1 aromatic heterocycles. The number of imidazole rings is 1. The van der Waals surface area contributed by atoms with Gasteiger partial charge in [-0.05, 0) is 42.0 Å². The first kappa shape index (κ1) is 20.8. The van der Waals surface area contributed by atoms with Crippen LogP contribution in [0.4, 0.5) is 13.2 Å².